The van der Waals surface area contributed by atoms with E-state index in [9.17, 15) is 123 Å². The maximum atomic E-state index is 14.1. The molecular formula is C26H32F28N4. The highest BCUT2D eigenvalue weighted by Gasteiger charge is 2.80. The first-order valence-electron chi connectivity index (χ1n) is 15.3. The largest absolute Gasteiger partial charge is 0.470 e. The highest BCUT2D eigenvalue weighted by atomic mass is 19.4. The fraction of sp³-hybridized carbons (Fsp3) is 1.00. The first kappa shape index (κ1) is 58.0. The molecule has 2 unspecified atom stereocenters. The van der Waals surface area contributed by atoms with Crippen LogP contribution in [0.15, 0.2) is 0 Å². The lowest BCUT2D eigenvalue weighted by atomic mass is 10.1. The lowest BCUT2D eigenvalue weighted by Crippen LogP contribution is -2.75. The Morgan fingerprint density at radius 1 is 0.466 bits per heavy atom. The highest BCUT2D eigenvalue weighted by molar-refractivity contribution is 5.00. The predicted octanol–water partition coefficient (Wildman–Crippen LogP) is 11.2. The molecule has 0 amide bonds. The molecule has 0 bridgehead atoms. The number of halogens is 28. The zero-order valence-corrected chi connectivity index (χ0v) is 29.5. The number of nitrogens with one attached hydrogen (secondary N) is 1. The quantitative estimate of drug-likeness (QED) is 0.0663. The van der Waals surface area contributed by atoms with Gasteiger partial charge in [-0.3, -0.25) is 5.32 Å². The summed E-state index contributed by atoms with van der Waals surface area (Å²) in [4.78, 5) is -0.787. The van der Waals surface area contributed by atoms with Gasteiger partial charge in [0.1, 0.15) is 0 Å². The van der Waals surface area contributed by atoms with Crippen molar-refractivity contribution in [1.29, 1.82) is 0 Å². The monoisotopic (exact) mass is 932 g/mol. The van der Waals surface area contributed by atoms with Crippen LogP contribution in [0.25, 0.3) is 0 Å². The number of hydrogen-bond acceptors (Lipinski definition) is 4. The summed E-state index contributed by atoms with van der Waals surface area (Å²) in [6.45, 7) is -11.5. The summed E-state index contributed by atoms with van der Waals surface area (Å²) in [5, 5.41) is -4.50. The summed E-state index contributed by atoms with van der Waals surface area (Å²) < 4.78 is 369. The van der Waals surface area contributed by atoms with Crippen LogP contribution in [0.5, 0.6) is 0 Å². The van der Waals surface area contributed by atoms with Gasteiger partial charge in [-0.2, -0.15) is 115 Å². The smallest absolute Gasteiger partial charge is 0.251 e. The summed E-state index contributed by atoms with van der Waals surface area (Å²) >= 11 is 0. The van der Waals surface area contributed by atoms with Crippen LogP contribution in [0.2, 0.25) is 0 Å². The van der Waals surface area contributed by atoms with Crippen LogP contribution in [-0.2, 0) is 0 Å². The van der Waals surface area contributed by atoms with E-state index < -0.39 is 152 Å². The van der Waals surface area contributed by atoms with Crippen LogP contribution >= 0.6 is 0 Å². The van der Waals surface area contributed by atoms with Gasteiger partial charge < -0.3 is 0 Å². The molecule has 0 rings (SSSR count). The average Bonchev–Trinajstić information content (AvgIpc) is 3.06. The fourth-order valence-corrected chi connectivity index (χ4v) is 4.01. The normalized spacial score (nSPS) is 16.6. The van der Waals surface area contributed by atoms with E-state index in [0.29, 0.717) is 5.32 Å². The van der Waals surface area contributed by atoms with Gasteiger partial charge in [0.2, 0.25) is 0 Å². The lowest BCUT2D eigenvalue weighted by Gasteiger charge is -2.49. The van der Waals surface area contributed by atoms with E-state index in [1.165, 1.54) is 0 Å². The molecule has 1 N–H and O–H groups in total. The van der Waals surface area contributed by atoms with Crippen molar-refractivity contribution in [2.75, 3.05) is 33.1 Å². The van der Waals surface area contributed by atoms with Crippen molar-refractivity contribution >= 4 is 0 Å². The molecule has 0 fully saturated rings. The van der Waals surface area contributed by atoms with Crippen LogP contribution < -0.4 is 5.32 Å². The van der Waals surface area contributed by atoms with Crippen LogP contribution in [0.3, 0.4) is 0 Å². The van der Waals surface area contributed by atoms with Gasteiger partial charge in [-0.15, -0.1) is 5.01 Å². The molecular weight excluding hydrogens is 900 g/mol. The van der Waals surface area contributed by atoms with Gasteiger partial charge in [-0.1, -0.05) is 13.8 Å². The summed E-state index contributed by atoms with van der Waals surface area (Å²) in [6.07, 6.45) is -8.53. The van der Waals surface area contributed by atoms with E-state index in [4.69, 9.17) is 0 Å². The van der Waals surface area contributed by atoms with Crippen molar-refractivity contribution in [1.82, 2.24) is 20.2 Å². The molecule has 58 heavy (non-hydrogen) atoms. The zero-order valence-electron chi connectivity index (χ0n) is 29.5. The van der Waals surface area contributed by atoms with Crippen molar-refractivity contribution < 1.29 is 123 Å². The van der Waals surface area contributed by atoms with Gasteiger partial charge in [-0.05, 0) is 26.7 Å². The molecule has 0 spiro atoms. The molecule has 0 aromatic carbocycles. The van der Waals surface area contributed by atoms with E-state index in [1.807, 2.05) is 0 Å². The Morgan fingerprint density at radius 2 is 0.793 bits per heavy atom. The molecule has 0 aliphatic heterocycles. The molecule has 0 aliphatic rings. The van der Waals surface area contributed by atoms with Crippen molar-refractivity contribution in [2.45, 2.75) is 131 Å². The fourth-order valence-electron chi connectivity index (χ4n) is 4.01. The van der Waals surface area contributed by atoms with Gasteiger partial charge in [-0.25, -0.2) is 18.1 Å². The molecule has 352 valence electrons. The van der Waals surface area contributed by atoms with Crippen molar-refractivity contribution in [3.05, 3.63) is 0 Å². The van der Waals surface area contributed by atoms with Gasteiger partial charge in [0.15, 0.2) is 20.0 Å². The Balaban J connectivity index is 0. The van der Waals surface area contributed by atoms with Crippen molar-refractivity contribution in [2.24, 2.45) is 0 Å². The van der Waals surface area contributed by atoms with Crippen molar-refractivity contribution in [3.8, 4) is 0 Å². The van der Waals surface area contributed by atoms with Crippen LogP contribution in [0, 0.1) is 0 Å². The zero-order chi connectivity index (χ0) is 47.5. The minimum atomic E-state index is -7.01. The summed E-state index contributed by atoms with van der Waals surface area (Å²) in [5.41, 5.74) is 0. The Labute approximate surface area is 308 Å². The Hall–Kier alpha value is -2.12. The predicted molar refractivity (Wildman–Crippen MR) is 142 cm³/mol. The molecule has 0 radical (unpaired) electrons. The number of nitrogens with zero attached hydrogens (tertiary/aromatic N) is 3. The summed E-state index contributed by atoms with van der Waals surface area (Å²) in [5.74, 6) is -37.7. The molecule has 0 saturated heterocycles. The van der Waals surface area contributed by atoms with Crippen molar-refractivity contribution in [3.63, 3.8) is 0 Å². The van der Waals surface area contributed by atoms with Gasteiger partial charge >= 0.3 is 71.9 Å². The second kappa shape index (κ2) is 18.5. The second-order valence-electron chi connectivity index (χ2n) is 12.1. The number of hydrazine groups is 1. The minimum absolute atomic E-state index is 0.225. The lowest BCUT2D eigenvalue weighted by molar-refractivity contribution is -0.488. The first-order chi connectivity index (χ1) is 25.2. The number of hydrogen-bond donors (Lipinski definition) is 1. The standard InChI is InChI=1S/C14H18F14N2.C12H14F14N2/c1-3-8(2)30(14(27,28)12(23,24)10(19,20)7-16)5-4-29-13(25,26)11(21,22)9(17,18)6-15;1-4-6(2)27(11(23,24)9(18,19)8(16,17)5-13)28(7(3,14)15)12(25,26)10(20,21)22/h8,29H,3-7H2,1-2H3;6H,4-5H2,1-3H3. The Bertz CT molecular complexity index is 1260. The van der Waals surface area contributed by atoms with Crippen LogP contribution in [0.4, 0.5) is 123 Å². The summed E-state index contributed by atoms with van der Waals surface area (Å²) in [7, 11) is 0. The first-order valence-corrected chi connectivity index (χ1v) is 15.3. The van der Waals surface area contributed by atoms with Gasteiger partial charge in [0.25, 0.3) is 0 Å². The topological polar surface area (TPSA) is 21.8 Å². The van der Waals surface area contributed by atoms with E-state index in [1.54, 1.807) is 0 Å². The molecule has 0 aliphatic carbocycles. The van der Waals surface area contributed by atoms with Gasteiger partial charge in [0, 0.05) is 32.1 Å². The third kappa shape index (κ3) is 11.0. The number of rotatable bonds is 22. The third-order valence-electron chi connectivity index (χ3n) is 7.71. The molecule has 0 saturated carbocycles. The van der Waals surface area contributed by atoms with E-state index >= 15 is 0 Å². The molecule has 0 aromatic rings. The highest BCUT2D eigenvalue weighted by Crippen LogP contribution is 2.54. The molecule has 4 nitrogen and oxygen atoms in total. The minimum Gasteiger partial charge on any atom is -0.251 e. The summed E-state index contributed by atoms with van der Waals surface area (Å²) in [6, 6.07) is -35.5. The van der Waals surface area contributed by atoms with E-state index in [2.05, 4.69) is 0 Å². The maximum Gasteiger partial charge on any atom is 0.470 e. The average molecular weight is 933 g/mol. The second-order valence-corrected chi connectivity index (χ2v) is 12.1. The molecule has 0 heterocycles. The maximum absolute atomic E-state index is 14.1. The Kier molecular flexibility index (Phi) is 18.5. The third-order valence-corrected chi connectivity index (χ3v) is 7.71. The van der Waals surface area contributed by atoms with Crippen LogP contribution in [-0.4, -0.2) is 132 Å². The van der Waals surface area contributed by atoms with E-state index in [0.717, 1.165) is 20.8 Å². The Morgan fingerprint density at radius 3 is 1.09 bits per heavy atom. The SMILES string of the molecule is CCC(C)N(CCNC(F)(F)C(F)(F)C(F)(F)CF)C(F)(F)C(F)(F)C(F)(F)CF.CCC(C)N(N(C(C)(F)F)C(F)(F)C(F)(F)F)C(F)(F)C(F)(F)C(F)(F)CF. The molecule has 0 aromatic heterocycles. The molecule has 32 heteroatoms. The van der Waals surface area contributed by atoms with Crippen LogP contribution in [0.1, 0.15) is 47.5 Å². The number of alkyl halides is 28. The van der Waals surface area contributed by atoms with Gasteiger partial charge in [0.05, 0.1) is 0 Å². The van der Waals surface area contributed by atoms with E-state index in [-0.39, 0.29) is 6.92 Å². The molecule has 2 atom stereocenters.